The van der Waals surface area contributed by atoms with E-state index in [0.717, 1.165) is 29.5 Å². The van der Waals surface area contributed by atoms with Crippen molar-refractivity contribution in [2.24, 2.45) is 0 Å². The van der Waals surface area contributed by atoms with Gasteiger partial charge in [0.25, 0.3) is 0 Å². The molecule has 0 atom stereocenters. The van der Waals surface area contributed by atoms with Crippen LogP contribution in [-0.4, -0.2) is 6.54 Å². The Morgan fingerprint density at radius 3 is 2.80 bits per heavy atom. The molecule has 0 saturated heterocycles. The summed E-state index contributed by atoms with van der Waals surface area (Å²) in [5.74, 6) is -0.197. The van der Waals surface area contributed by atoms with Gasteiger partial charge in [0.05, 0.1) is 0 Å². The van der Waals surface area contributed by atoms with Crippen LogP contribution in [0.25, 0.3) is 0 Å². The Bertz CT molecular complexity index is 612. The summed E-state index contributed by atoms with van der Waals surface area (Å²) in [4.78, 5) is 2.40. The number of aryl methyl sites for hydroxylation is 1. The lowest BCUT2D eigenvalue weighted by Gasteiger charge is -2.25. The van der Waals surface area contributed by atoms with E-state index in [1.165, 1.54) is 30.2 Å². The average Bonchev–Trinajstić information content (AvgIpc) is 2.65. The highest BCUT2D eigenvalue weighted by Crippen LogP contribution is 2.29. The van der Waals surface area contributed by atoms with Crippen molar-refractivity contribution in [3.8, 4) is 0 Å². The lowest BCUT2D eigenvalue weighted by molar-refractivity contribution is 0.625. The molecule has 1 aliphatic rings. The van der Waals surface area contributed by atoms with E-state index in [2.05, 4.69) is 45.1 Å². The topological polar surface area (TPSA) is 3.24 Å². The van der Waals surface area contributed by atoms with Gasteiger partial charge in [0.15, 0.2) is 0 Å². The molecule has 0 aliphatic carbocycles. The van der Waals surface area contributed by atoms with E-state index < -0.39 is 0 Å². The monoisotopic (exact) mass is 333 g/mol. The zero-order chi connectivity index (χ0) is 13.9. The van der Waals surface area contributed by atoms with Gasteiger partial charge in [0.2, 0.25) is 0 Å². The summed E-state index contributed by atoms with van der Waals surface area (Å²) in [6, 6.07) is 13.5. The van der Waals surface area contributed by atoms with Crippen LogP contribution in [0.15, 0.2) is 46.9 Å². The highest BCUT2D eigenvalue weighted by atomic mass is 79.9. The molecular formula is C17H17BrFN. The second-order valence-electron chi connectivity index (χ2n) is 5.24. The van der Waals surface area contributed by atoms with Crippen molar-refractivity contribution in [3.05, 3.63) is 63.9 Å². The number of anilines is 1. The fourth-order valence-electron chi connectivity index (χ4n) is 2.79. The maximum Gasteiger partial charge on any atom is 0.124 e. The zero-order valence-corrected chi connectivity index (χ0v) is 12.9. The largest absolute Gasteiger partial charge is 0.367 e. The van der Waals surface area contributed by atoms with Gasteiger partial charge in [-0.05, 0) is 48.6 Å². The predicted octanol–water partition coefficient (Wildman–Crippen LogP) is 4.93. The quantitative estimate of drug-likeness (QED) is 0.753. The Hall–Kier alpha value is -1.35. The fourth-order valence-corrected chi connectivity index (χ4v) is 3.27. The SMILES string of the molecule is Fc1ccc(CN2CCCCc3ccccc32)c(Br)c1. The first-order valence-corrected chi connectivity index (χ1v) is 7.80. The van der Waals surface area contributed by atoms with Gasteiger partial charge in [-0.15, -0.1) is 0 Å². The maximum atomic E-state index is 13.2. The summed E-state index contributed by atoms with van der Waals surface area (Å²) in [7, 11) is 0. The standard InChI is InChI=1S/C17H17BrFN/c18-16-11-15(19)9-8-14(16)12-20-10-4-3-6-13-5-1-2-7-17(13)20/h1-2,5,7-9,11H,3-4,6,10,12H2. The van der Waals surface area contributed by atoms with Crippen LogP contribution in [0.2, 0.25) is 0 Å². The van der Waals surface area contributed by atoms with Gasteiger partial charge in [-0.2, -0.15) is 0 Å². The summed E-state index contributed by atoms with van der Waals surface area (Å²) in [5, 5.41) is 0. The van der Waals surface area contributed by atoms with Gasteiger partial charge in [0.1, 0.15) is 5.82 Å². The van der Waals surface area contributed by atoms with Crippen LogP contribution in [0.1, 0.15) is 24.0 Å². The lowest BCUT2D eigenvalue weighted by Crippen LogP contribution is -2.23. The Labute approximate surface area is 127 Å². The molecule has 0 spiro atoms. The number of halogens is 2. The number of nitrogens with zero attached hydrogens (tertiary/aromatic N) is 1. The molecule has 0 N–H and O–H groups in total. The van der Waals surface area contributed by atoms with Crippen LogP contribution in [0.5, 0.6) is 0 Å². The molecule has 0 amide bonds. The number of para-hydroxylation sites is 1. The van der Waals surface area contributed by atoms with E-state index in [1.807, 2.05) is 6.07 Å². The summed E-state index contributed by atoms with van der Waals surface area (Å²) in [6.07, 6.45) is 3.59. The third-order valence-corrected chi connectivity index (χ3v) is 4.57. The van der Waals surface area contributed by atoms with Gasteiger partial charge < -0.3 is 4.90 Å². The van der Waals surface area contributed by atoms with Gasteiger partial charge in [0, 0.05) is 23.2 Å². The first kappa shape index (κ1) is 13.6. The van der Waals surface area contributed by atoms with E-state index in [1.54, 1.807) is 6.07 Å². The molecule has 104 valence electrons. The summed E-state index contributed by atoms with van der Waals surface area (Å²) >= 11 is 3.47. The molecule has 2 aromatic carbocycles. The molecule has 0 aromatic heterocycles. The summed E-state index contributed by atoms with van der Waals surface area (Å²) < 4.78 is 14.0. The highest BCUT2D eigenvalue weighted by Gasteiger charge is 2.16. The number of rotatable bonds is 2. The van der Waals surface area contributed by atoms with Gasteiger partial charge in [-0.3, -0.25) is 0 Å². The molecule has 0 saturated carbocycles. The van der Waals surface area contributed by atoms with Crippen LogP contribution < -0.4 is 4.90 Å². The number of benzene rings is 2. The summed E-state index contributed by atoms with van der Waals surface area (Å²) in [6.45, 7) is 1.87. The maximum absolute atomic E-state index is 13.2. The van der Waals surface area contributed by atoms with Crippen molar-refractivity contribution in [1.82, 2.24) is 0 Å². The van der Waals surface area contributed by atoms with Crippen molar-refractivity contribution in [2.75, 3.05) is 11.4 Å². The molecule has 2 aromatic rings. The van der Waals surface area contributed by atoms with Crippen LogP contribution >= 0.6 is 15.9 Å². The average molecular weight is 334 g/mol. The molecule has 1 nitrogen and oxygen atoms in total. The molecule has 3 heteroatoms. The predicted molar refractivity (Wildman–Crippen MR) is 84.5 cm³/mol. The molecule has 1 heterocycles. The van der Waals surface area contributed by atoms with E-state index >= 15 is 0 Å². The first-order chi connectivity index (χ1) is 9.74. The Morgan fingerprint density at radius 2 is 1.95 bits per heavy atom. The third kappa shape index (κ3) is 2.88. The van der Waals surface area contributed by atoms with Crippen molar-refractivity contribution in [2.45, 2.75) is 25.8 Å². The second-order valence-corrected chi connectivity index (χ2v) is 6.10. The molecule has 3 rings (SSSR count). The molecule has 0 unspecified atom stereocenters. The summed E-state index contributed by atoms with van der Waals surface area (Å²) in [5.41, 5.74) is 3.87. The molecular weight excluding hydrogens is 317 g/mol. The van der Waals surface area contributed by atoms with Crippen molar-refractivity contribution >= 4 is 21.6 Å². The molecule has 20 heavy (non-hydrogen) atoms. The van der Waals surface area contributed by atoms with E-state index in [9.17, 15) is 4.39 Å². The minimum Gasteiger partial charge on any atom is -0.367 e. The normalized spacial score (nSPS) is 14.8. The molecule has 0 radical (unpaired) electrons. The van der Waals surface area contributed by atoms with Crippen molar-refractivity contribution in [1.29, 1.82) is 0 Å². The number of hydrogen-bond donors (Lipinski definition) is 0. The van der Waals surface area contributed by atoms with Gasteiger partial charge in [-0.25, -0.2) is 4.39 Å². The molecule has 1 aliphatic heterocycles. The highest BCUT2D eigenvalue weighted by molar-refractivity contribution is 9.10. The molecule has 0 fully saturated rings. The minimum atomic E-state index is -0.197. The van der Waals surface area contributed by atoms with E-state index in [0.29, 0.717) is 0 Å². The minimum absolute atomic E-state index is 0.197. The number of fused-ring (bicyclic) bond motifs is 1. The van der Waals surface area contributed by atoms with Crippen molar-refractivity contribution < 1.29 is 4.39 Å². The Kier molecular flexibility index (Phi) is 4.06. The van der Waals surface area contributed by atoms with Gasteiger partial charge in [-0.1, -0.05) is 40.2 Å². The van der Waals surface area contributed by atoms with Crippen LogP contribution in [0.4, 0.5) is 10.1 Å². The van der Waals surface area contributed by atoms with Gasteiger partial charge >= 0.3 is 0 Å². The molecule has 0 bridgehead atoms. The van der Waals surface area contributed by atoms with E-state index in [-0.39, 0.29) is 5.82 Å². The number of hydrogen-bond acceptors (Lipinski definition) is 1. The van der Waals surface area contributed by atoms with Crippen LogP contribution in [0.3, 0.4) is 0 Å². The van der Waals surface area contributed by atoms with Crippen molar-refractivity contribution in [3.63, 3.8) is 0 Å². The Morgan fingerprint density at radius 1 is 1.10 bits per heavy atom. The fraction of sp³-hybridized carbons (Fsp3) is 0.294. The Balaban J connectivity index is 1.90. The second kappa shape index (κ2) is 5.96. The first-order valence-electron chi connectivity index (χ1n) is 7.01. The third-order valence-electron chi connectivity index (χ3n) is 3.83. The van der Waals surface area contributed by atoms with Crippen LogP contribution in [0, 0.1) is 5.82 Å². The van der Waals surface area contributed by atoms with E-state index in [4.69, 9.17) is 0 Å². The lowest BCUT2D eigenvalue weighted by atomic mass is 10.1. The smallest absolute Gasteiger partial charge is 0.124 e. The zero-order valence-electron chi connectivity index (χ0n) is 11.3. The van der Waals surface area contributed by atoms with Crippen LogP contribution in [-0.2, 0) is 13.0 Å².